The van der Waals surface area contributed by atoms with E-state index in [1.54, 1.807) is 0 Å². The monoisotopic (exact) mass is 351 g/mol. The highest BCUT2D eigenvalue weighted by Crippen LogP contribution is 2.30. The molecule has 1 saturated heterocycles. The molecule has 0 radical (unpaired) electrons. The second-order valence-electron chi connectivity index (χ2n) is 7.89. The van der Waals surface area contributed by atoms with Crippen molar-refractivity contribution in [2.24, 2.45) is 0 Å². The Hall–Kier alpha value is -1.11. The first kappa shape index (κ1) is 17.7. The van der Waals surface area contributed by atoms with Gasteiger partial charge in [-0.05, 0) is 45.9 Å². The standard InChI is InChI=1S/C18H29N3O2S/c1-18(2,3)23-17(22)21-6-5-16-14(12-21)11-15(24-16)13-20-9-7-19(4)8-10-20/h11H,5-10,12-13H2,1-4H3. The molecule has 0 saturated carbocycles. The second-order valence-corrected chi connectivity index (χ2v) is 9.11. The molecular weight excluding hydrogens is 322 g/mol. The van der Waals surface area contributed by atoms with E-state index in [1.165, 1.54) is 15.3 Å². The number of carbonyl (C=O) groups excluding carboxylic acids is 1. The van der Waals surface area contributed by atoms with Crippen molar-refractivity contribution in [3.63, 3.8) is 0 Å². The van der Waals surface area contributed by atoms with Gasteiger partial charge in [-0.3, -0.25) is 4.90 Å². The minimum absolute atomic E-state index is 0.194. The molecule has 0 bridgehead atoms. The van der Waals surface area contributed by atoms with Crippen LogP contribution in [0.5, 0.6) is 0 Å². The molecule has 0 aliphatic carbocycles. The predicted molar refractivity (Wildman–Crippen MR) is 97.4 cm³/mol. The fourth-order valence-corrected chi connectivity index (χ4v) is 4.39. The van der Waals surface area contributed by atoms with Crippen molar-refractivity contribution in [3.8, 4) is 0 Å². The Labute approximate surface area is 149 Å². The predicted octanol–water partition coefficient (Wildman–Crippen LogP) is 2.79. The number of rotatable bonds is 2. The fourth-order valence-electron chi connectivity index (χ4n) is 3.18. The van der Waals surface area contributed by atoms with Crippen LogP contribution in [0.25, 0.3) is 0 Å². The van der Waals surface area contributed by atoms with Crippen LogP contribution in [0.2, 0.25) is 0 Å². The third-order valence-corrected chi connectivity index (χ3v) is 5.77. The van der Waals surface area contributed by atoms with Gasteiger partial charge in [-0.25, -0.2) is 4.79 Å². The summed E-state index contributed by atoms with van der Waals surface area (Å²) in [7, 11) is 2.19. The Kier molecular flexibility index (Phi) is 5.18. The van der Waals surface area contributed by atoms with Crippen molar-refractivity contribution >= 4 is 17.4 Å². The number of piperazine rings is 1. The summed E-state index contributed by atoms with van der Waals surface area (Å²) in [6.07, 6.45) is 0.752. The molecule has 1 fully saturated rings. The maximum Gasteiger partial charge on any atom is 0.410 e. The third-order valence-electron chi connectivity index (χ3n) is 4.54. The number of ether oxygens (including phenoxy) is 1. The fraction of sp³-hybridized carbons (Fsp3) is 0.722. The summed E-state index contributed by atoms with van der Waals surface area (Å²) in [5.41, 5.74) is 0.875. The lowest BCUT2D eigenvalue weighted by molar-refractivity contribution is 0.0225. The lowest BCUT2D eigenvalue weighted by Crippen LogP contribution is -2.43. The van der Waals surface area contributed by atoms with Gasteiger partial charge in [-0.1, -0.05) is 0 Å². The minimum atomic E-state index is -0.432. The van der Waals surface area contributed by atoms with Crippen LogP contribution in [0.4, 0.5) is 4.79 Å². The van der Waals surface area contributed by atoms with Crippen molar-refractivity contribution in [1.82, 2.24) is 14.7 Å². The number of carbonyl (C=O) groups is 1. The molecule has 24 heavy (non-hydrogen) atoms. The van der Waals surface area contributed by atoms with Gasteiger partial charge in [0.1, 0.15) is 5.60 Å². The number of fused-ring (bicyclic) bond motifs is 1. The van der Waals surface area contributed by atoms with Crippen molar-refractivity contribution in [2.75, 3.05) is 39.8 Å². The van der Waals surface area contributed by atoms with Crippen molar-refractivity contribution in [3.05, 3.63) is 21.4 Å². The molecule has 1 aromatic heterocycles. The van der Waals surface area contributed by atoms with Gasteiger partial charge in [-0.15, -0.1) is 11.3 Å². The van der Waals surface area contributed by atoms with Crippen LogP contribution in [-0.2, 0) is 24.2 Å². The van der Waals surface area contributed by atoms with Crippen LogP contribution in [-0.4, -0.2) is 66.2 Å². The molecule has 0 spiro atoms. The van der Waals surface area contributed by atoms with Crippen LogP contribution < -0.4 is 0 Å². The highest BCUT2D eigenvalue weighted by Gasteiger charge is 2.27. The summed E-state index contributed by atoms with van der Waals surface area (Å²) in [6.45, 7) is 12.8. The zero-order valence-electron chi connectivity index (χ0n) is 15.3. The van der Waals surface area contributed by atoms with Crippen molar-refractivity contribution in [2.45, 2.75) is 45.9 Å². The van der Waals surface area contributed by atoms with Crippen molar-refractivity contribution in [1.29, 1.82) is 0 Å². The highest BCUT2D eigenvalue weighted by atomic mass is 32.1. The summed E-state index contributed by atoms with van der Waals surface area (Å²) in [4.78, 5) is 21.9. The maximum atomic E-state index is 12.3. The van der Waals surface area contributed by atoms with E-state index in [9.17, 15) is 4.79 Å². The zero-order chi connectivity index (χ0) is 17.3. The number of nitrogens with zero attached hydrogens (tertiary/aromatic N) is 3. The SMILES string of the molecule is CN1CCN(Cc2cc3c(s2)CCN(C(=O)OC(C)(C)C)C3)CC1. The molecule has 5 nitrogen and oxygen atoms in total. The van der Waals surface area contributed by atoms with Crippen LogP contribution in [0, 0.1) is 0 Å². The van der Waals surface area contributed by atoms with Gasteiger partial charge in [0.25, 0.3) is 0 Å². The van der Waals surface area contributed by atoms with Crippen LogP contribution in [0.3, 0.4) is 0 Å². The molecule has 3 rings (SSSR count). The van der Waals surface area contributed by atoms with E-state index >= 15 is 0 Å². The largest absolute Gasteiger partial charge is 0.444 e. The molecule has 134 valence electrons. The minimum Gasteiger partial charge on any atom is -0.444 e. The van der Waals surface area contributed by atoms with Gasteiger partial charge < -0.3 is 14.5 Å². The lowest BCUT2D eigenvalue weighted by Gasteiger charge is -2.31. The van der Waals surface area contributed by atoms with E-state index in [2.05, 4.69) is 22.9 Å². The molecule has 2 aliphatic heterocycles. The zero-order valence-corrected chi connectivity index (χ0v) is 16.1. The van der Waals surface area contributed by atoms with Crippen LogP contribution in [0.15, 0.2) is 6.07 Å². The summed E-state index contributed by atoms with van der Waals surface area (Å²) in [5, 5.41) is 0. The second kappa shape index (κ2) is 7.02. The van der Waals surface area contributed by atoms with Crippen LogP contribution in [0.1, 0.15) is 36.1 Å². The van der Waals surface area contributed by atoms with E-state index in [0.29, 0.717) is 6.54 Å². The lowest BCUT2D eigenvalue weighted by atomic mass is 10.1. The van der Waals surface area contributed by atoms with E-state index < -0.39 is 5.60 Å². The average Bonchev–Trinajstić information content (AvgIpc) is 2.89. The average molecular weight is 352 g/mol. The first-order chi connectivity index (χ1) is 11.3. The van der Waals surface area contributed by atoms with E-state index in [0.717, 1.165) is 45.7 Å². The molecule has 0 aromatic carbocycles. The van der Waals surface area contributed by atoms with E-state index in [1.807, 2.05) is 37.0 Å². The molecular formula is C18H29N3O2S. The smallest absolute Gasteiger partial charge is 0.410 e. The molecule has 6 heteroatoms. The Bertz CT molecular complexity index is 586. The van der Waals surface area contributed by atoms with Gasteiger partial charge in [0.15, 0.2) is 0 Å². The Morgan fingerprint density at radius 2 is 1.92 bits per heavy atom. The van der Waals surface area contributed by atoms with E-state index in [4.69, 9.17) is 4.74 Å². The van der Waals surface area contributed by atoms with Gasteiger partial charge in [0.2, 0.25) is 0 Å². The third kappa shape index (κ3) is 4.49. The number of thiophene rings is 1. The molecule has 1 amide bonds. The molecule has 0 atom stereocenters. The first-order valence-electron chi connectivity index (χ1n) is 8.79. The molecule has 1 aromatic rings. The normalized spacial score (nSPS) is 20.1. The molecule has 2 aliphatic rings. The Morgan fingerprint density at radius 3 is 2.58 bits per heavy atom. The first-order valence-corrected chi connectivity index (χ1v) is 9.61. The summed E-state index contributed by atoms with van der Waals surface area (Å²) >= 11 is 1.92. The quantitative estimate of drug-likeness (QED) is 0.821. The van der Waals surface area contributed by atoms with Gasteiger partial charge in [0.05, 0.1) is 6.54 Å². The Balaban J connectivity index is 1.59. The molecule has 0 unspecified atom stereocenters. The van der Waals surface area contributed by atoms with Crippen LogP contribution >= 0.6 is 11.3 Å². The van der Waals surface area contributed by atoms with Gasteiger partial charge >= 0.3 is 6.09 Å². The maximum absolute atomic E-state index is 12.3. The number of likely N-dealkylation sites (N-methyl/N-ethyl adjacent to an activating group) is 1. The number of amides is 1. The highest BCUT2D eigenvalue weighted by molar-refractivity contribution is 7.12. The molecule has 0 N–H and O–H groups in total. The number of hydrogen-bond donors (Lipinski definition) is 0. The topological polar surface area (TPSA) is 36.0 Å². The van der Waals surface area contributed by atoms with Crippen molar-refractivity contribution < 1.29 is 9.53 Å². The van der Waals surface area contributed by atoms with E-state index in [-0.39, 0.29) is 6.09 Å². The molecule has 3 heterocycles. The number of hydrogen-bond acceptors (Lipinski definition) is 5. The summed E-state index contributed by atoms with van der Waals surface area (Å²) in [6, 6.07) is 2.30. The summed E-state index contributed by atoms with van der Waals surface area (Å²) < 4.78 is 5.51. The Morgan fingerprint density at radius 1 is 1.21 bits per heavy atom. The van der Waals surface area contributed by atoms with Gasteiger partial charge in [0, 0.05) is 49.0 Å². The summed E-state index contributed by atoms with van der Waals surface area (Å²) in [5.74, 6) is 0. The van der Waals surface area contributed by atoms with Gasteiger partial charge in [-0.2, -0.15) is 0 Å².